The minimum Gasteiger partial charge on any atom is -0.404 e. The Labute approximate surface area is 180 Å². The van der Waals surface area contributed by atoms with Crippen LogP contribution in [0.1, 0.15) is 48.0 Å². The van der Waals surface area contributed by atoms with E-state index in [2.05, 4.69) is 131 Å². The number of rotatable bonds is 7. The number of hydrogen-bond donors (Lipinski definition) is 0. The van der Waals surface area contributed by atoms with Gasteiger partial charge in [-0.2, -0.15) is 0 Å². The van der Waals surface area contributed by atoms with Crippen LogP contribution >= 0.6 is 22.6 Å². The van der Waals surface area contributed by atoms with Crippen LogP contribution < -0.4 is 10.4 Å². The van der Waals surface area contributed by atoms with Crippen molar-refractivity contribution >= 4 is 41.3 Å². The quantitative estimate of drug-likeness (QED) is 0.325. The summed E-state index contributed by atoms with van der Waals surface area (Å²) in [5.74, 6) is 0.457. The average Bonchev–Trinajstić information content (AvgIpc) is 2.62. The lowest BCUT2D eigenvalue weighted by Gasteiger charge is -2.46. The molecule has 2 rings (SSSR count). The van der Waals surface area contributed by atoms with Crippen molar-refractivity contribution in [3.8, 4) is 0 Å². The molecule has 1 nitrogen and oxygen atoms in total. The van der Waals surface area contributed by atoms with Crippen molar-refractivity contribution in [1.29, 1.82) is 0 Å². The maximum atomic E-state index is 7.28. The van der Waals surface area contributed by atoms with Gasteiger partial charge in [-0.05, 0) is 60.8 Å². The first-order chi connectivity index (χ1) is 12.7. The Hall–Kier alpha value is -0.913. The van der Waals surface area contributed by atoms with Crippen LogP contribution in [0.25, 0.3) is 0 Å². The first kappa shape index (κ1) is 22.4. The first-order valence-electron chi connectivity index (χ1n) is 9.79. The van der Waals surface area contributed by atoms with E-state index in [0.717, 1.165) is 6.42 Å². The zero-order valence-corrected chi connectivity index (χ0v) is 20.7. The Morgan fingerprint density at radius 3 is 1.74 bits per heavy atom. The molecular weight excluding hydrogens is 459 g/mol. The van der Waals surface area contributed by atoms with Crippen LogP contribution in [0.3, 0.4) is 0 Å². The van der Waals surface area contributed by atoms with E-state index in [0.29, 0.717) is 5.92 Å². The number of hydrogen-bond acceptors (Lipinski definition) is 1. The monoisotopic (exact) mass is 492 g/mol. The third kappa shape index (κ3) is 5.33. The van der Waals surface area contributed by atoms with Gasteiger partial charge >= 0.3 is 0 Å². The second-order valence-electron chi connectivity index (χ2n) is 8.59. The van der Waals surface area contributed by atoms with Crippen LogP contribution in [0.4, 0.5) is 0 Å². The molecule has 3 heteroatoms. The second kappa shape index (κ2) is 9.53. The van der Waals surface area contributed by atoms with Gasteiger partial charge in [0.05, 0.1) is 6.10 Å². The molecule has 1 atom stereocenters. The first-order valence-corrected chi connectivity index (χ1v) is 12.8. The van der Waals surface area contributed by atoms with Crippen molar-refractivity contribution < 1.29 is 4.43 Å². The molecule has 0 aromatic heterocycles. The van der Waals surface area contributed by atoms with Crippen molar-refractivity contribution in [2.24, 2.45) is 5.92 Å². The summed E-state index contributed by atoms with van der Waals surface area (Å²) in [6, 6.07) is 21.8. The van der Waals surface area contributed by atoms with Gasteiger partial charge in [0.2, 0.25) is 0 Å². The van der Waals surface area contributed by atoms with Gasteiger partial charge in [-0.25, -0.2) is 0 Å². The summed E-state index contributed by atoms with van der Waals surface area (Å²) < 4.78 is 8.60. The second-order valence-corrected chi connectivity index (χ2v) is 14.5. The van der Waals surface area contributed by atoms with Crippen LogP contribution in [0.5, 0.6) is 0 Å². The minimum atomic E-state index is -2.48. The smallest absolute Gasteiger partial charge is 0.261 e. The molecule has 0 fully saturated rings. The zero-order valence-electron chi connectivity index (χ0n) is 17.5. The largest absolute Gasteiger partial charge is 0.404 e. The number of benzene rings is 2. The molecule has 0 bridgehead atoms. The molecule has 0 aliphatic rings. The molecule has 0 radical (unpaired) electrons. The van der Waals surface area contributed by atoms with Gasteiger partial charge in [0, 0.05) is 0 Å². The average molecular weight is 493 g/mol. The summed E-state index contributed by atoms with van der Waals surface area (Å²) in [6.45, 7) is 13.7. The highest BCUT2D eigenvalue weighted by atomic mass is 127. The van der Waals surface area contributed by atoms with Crippen molar-refractivity contribution in [2.75, 3.05) is 0 Å². The van der Waals surface area contributed by atoms with Crippen molar-refractivity contribution in [2.45, 2.75) is 59.1 Å². The molecule has 0 spiro atoms. The van der Waals surface area contributed by atoms with E-state index in [9.17, 15) is 0 Å². The molecule has 0 saturated heterocycles. The van der Waals surface area contributed by atoms with E-state index in [1.54, 1.807) is 0 Å². The van der Waals surface area contributed by atoms with Crippen LogP contribution in [0.15, 0.2) is 70.3 Å². The number of allylic oxidation sites excluding steroid dienone is 1. The van der Waals surface area contributed by atoms with Gasteiger partial charge in [0.25, 0.3) is 8.32 Å². The topological polar surface area (TPSA) is 9.23 Å². The molecule has 0 heterocycles. The summed E-state index contributed by atoms with van der Waals surface area (Å²) in [5, 5.41) is 2.72. The minimum absolute atomic E-state index is 0.0198. The summed E-state index contributed by atoms with van der Waals surface area (Å²) in [4.78, 5) is 0. The van der Waals surface area contributed by atoms with Gasteiger partial charge in [-0.1, -0.05) is 101 Å². The van der Waals surface area contributed by atoms with Crippen molar-refractivity contribution in [1.82, 2.24) is 0 Å². The van der Waals surface area contributed by atoms with Gasteiger partial charge in [0.1, 0.15) is 0 Å². The molecule has 0 saturated carbocycles. The molecule has 2 aromatic carbocycles. The van der Waals surface area contributed by atoms with E-state index in [1.165, 1.54) is 14.0 Å². The summed E-state index contributed by atoms with van der Waals surface area (Å²) in [5.41, 5.74) is 0. The van der Waals surface area contributed by atoms with Crippen LogP contribution in [-0.2, 0) is 4.43 Å². The fourth-order valence-electron chi connectivity index (χ4n) is 3.65. The predicted molar refractivity (Wildman–Crippen MR) is 130 cm³/mol. The van der Waals surface area contributed by atoms with Crippen LogP contribution in [-0.4, -0.2) is 14.4 Å². The van der Waals surface area contributed by atoms with E-state index in [1.807, 2.05) is 0 Å². The molecule has 2 aromatic rings. The maximum Gasteiger partial charge on any atom is 0.261 e. The molecule has 0 unspecified atom stereocenters. The zero-order chi connectivity index (χ0) is 20.1. The maximum absolute atomic E-state index is 7.28. The Kier molecular flexibility index (Phi) is 7.90. The van der Waals surface area contributed by atoms with Crippen LogP contribution in [0, 0.1) is 5.92 Å². The molecule has 0 aliphatic heterocycles. The van der Waals surface area contributed by atoms with Crippen molar-refractivity contribution in [3.05, 3.63) is 70.3 Å². The summed E-state index contributed by atoms with van der Waals surface area (Å²) in [7, 11) is -2.48. The Balaban J connectivity index is 2.66. The van der Waals surface area contributed by atoms with E-state index in [-0.39, 0.29) is 11.1 Å². The lowest BCUT2D eigenvalue weighted by molar-refractivity contribution is 0.142. The van der Waals surface area contributed by atoms with Gasteiger partial charge in [0.15, 0.2) is 0 Å². The predicted octanol–water partition coefficient (Wildman–Crippen LogP) is 6.32. The summed E-state index contributed by atoms with van der Waals surface area (Å²) >= 11 is 2.39. The molecule has 27 heavy (non-hydrogen) atoms. The lowest BCUT2D eigenvalue weighted by atomic mass is 10.0. The molecular formula is C24H33IOSi. The van der Waals surface area contributed by atoms with Gasteiger partial charge in [-0.3, -0.25) is 0 Å². The van der Waals surface area contributed by atoms with Gasteiger partial charge in [-0.15, -0.1) is 0 Å². The molecule has 0 amide bonds. The Morgan fingerprint density at radius 2 is 1.41 bits per heavy atom. The van der Waals surface area contributed by atoms with E-state index in [4.69, 9.17) is 4.43 Å². The SMILES string of the molecule is C/C(I)=C/C[C@H](O[Si](c1ccccc1)(c1ccccc1)C(C)(C)C)C(C)C. The van der Waals surface area contributed by atoms with Crippen molar-refractivity contribution in [3.63, 3.8) is 0 Å². The fraction of sp³-hybridized carbons (Fsp3) is 0.417. The molecule has 0 aliphatic carbocycles. The highest BCUT2D eigenvalue weighted by Gasteiger charge is 2.51. The Morgan fingerprint density at radius 1 is 0.963 bits per heavy atom. The summed E-state index contributed by atoms with van der Waals surface area (Å²) in [6.07, 6.45) is 3.46. The standard InChI is InChI=1S/C24H33IOSi/c1-19(2)23(18-17-20(3)25)26-27(24(4,5)6,21-13-9-7-10-14-21)22-15-11-8-12-16-22/h7-17,19,23H,18H2,1-6H3/b20-17-/t23-/m0/s1. The van der Waals surface area contributed by atoms with Crippen LogP contribution in [0.2, 0.25) is 5.04 Å². The Bertz CT molecular complexity index is 688. The fourth-order valence-corrected chi connectivity index (χ4v) is 8.74. The van der Waals surface area contributed by atoms with E-state index < -0.39 is 8.32 Å². The lowest BCUT2D eigenvalue weighted by Crippen LogP contribution is -2.68. The third-order valence-corrected chi connectivity index (χ3v) is 10.6. The van der Waals surface area contributed by atoms with Gasteiger partial charge < -0.3 is 4.43 Å². The molecule has 146 valence electrons. The normalized spacial score (nSPS) is 14.4. The third-order valence-electron chi connectivity index (χ3n) is 5.12. The van der Waals surface area contributed by atoms with E-state index >= 15 is 0 Å². The number of halogens is 1. The molecule has 0 N–H and O–H groups in total. The highest BCUT2D eigenvalue weighted by Crippen LogP contribution is 2.38. The highest BCUT2D eigenvalue weighted by molar-refractivity contribution is 14.1.